The van der Waals surface area contributed by atoms with Crippen molar-refractivity contribution in [2.45, 2.75) is 33.1 Å². The van der Waals surface area contributed by atoms with Crippen molar-refractivity contribution < 1.29 is 14.3 Å². The third kappa shape index (κ3) is 4.96. The summed E-state index contributed by atoms with van der Waals surface area (Å²) in [5, 5.41) is 2.91. The first kappa shape index (κ1) is 18.3. The van der Waals surface area contributed by atoms with E-state index < -0.39 is 5.91 Å². The first-order valence-corrected chi connectivity index (χ1v) is 8.57. The lowest BCUT2D eigenvalue weighted by Crippen LogP contribution is -2.35. The number of benzene rings is 1. The second-order valence-corrected chi connectivity index (χ2v) is 6.28. The molecule has 1 fully saturated rings. The van der Waals surface area contributed by atoms with Crippen molar-refractivity contribution in [3.05, 3.63) is 23.8 Å². The van der Waals surface area contributed by atoms with Gasteiger partial charge in [0.1, 0.15) is 0 Å². The molecular formula is C18H27N3O3. The highest BCUT2D eigenvalue weighted by Crippen LogP contribution is 2.31. The molecule has 0 aromatic heterocycles. The second kappa shape index (κ2) is 8.68. The number of nitrogens with two attached hydrogens (primary N) is 1. The molecular weight excluding hydrogens is 306 g/mol. The summed E-state index contributed by atoms with van der Waals surface area (Å²) in [7, 11) is 0. The molecule has 1 aromatic rings. The Morgan fingerprint density at radius 3 is 2.88 bits per heavy atom. The minimum absolute atomic E-state index is 0.128. The molecule has 2 amide bonds. The van der Waals surface area contributed by atoms with Crippen molar-refractivity contribution in [3.63, 3.8) is 0 Å². The molecule has 1 aliphatic heterocycles. The fraction of sp³-hybridized carbons (Fsp3) is 0.556. The van der Waals surface area contributed by atoms with E-state index in [9.17, 15) is 9.59 Å². The Labute approximate surface area is 143 Å². The molecule has 0 spiro atoms. The number of anilines is 2. The molecule has 6 nitrogen and oxygen atoms in total. The van der Waals surface area contributed by atoms with Crippen molar-refractivity contribution in [2.75, 3.05) is 36.5 Å². The van der Waals surface area contributed by atoms with E-state index in [1.54, 1.807) is 12.1 Å². The van der Waals surface area contributed by atoms with Gasteiger partial charge in [0.15, 0.2) is 0 Å². The monoisotopic (exact) mass is 333 g/mol. The van der Waals surface area contributed by atoms with Gasteiger partial charge in [-0.05, 0) is 43.9 Å². The average Bonchev–Trinajstić information content (AvgIpc) is 2.55. The second-order valence-electron chi connectivity index (χ2n) is 6.28. The smallest absolute Gasteiger partial charge is 0.248 e. The van der Waals surface area contributed by atoms with Crippen molar-refractivity contribution in [1.29, 1.82) is 0 Å². The van der Waals surface area contributed by atoms with E-state index in [1.165, 1.54) is 6.42 Å². The predicted molar refractivity (Wildman–Crippen MR) is 95.3 cm³/mol. The van der Waals surface area contributed by atoms with Crippen LogP contribution >= 0.6 is 0 Å². The van der Waals surface area contributed by atoms with Gasteiger partial charge in [0.2, 0.25) is 11.8 Å². The molecule has 0 unspecified atom stereocenters. The summed E-state index contributed by atoms with van der Waals surface area (Å²) in [6.45, 7) is 6.98. The topological polar surface area (TPSA) is 84.7 Å². The number of hydrogen-bond acceptors (Lipinski definition) is 4. The van der Waals surface area contributed by atoms with Gasteiger partial charge in [0.25, 0.3) is 0 Å². The molecule has 6 heteroatoms. The van der Waals surface area contributed by atoms with E-state index in [4.69, 9.17) is 10.5 Å². The molecule has 1 heterocycles. The lowest BCUT2D eigenvalue weighted by molar-refractivity contribution is -0.117. The number of rotatable bonds is 7. The Kier molecular flexibility index (Phi) is 6.61. The number of nitrogens with zero attached hydrogens (tertiary/aromatic N) is 1. The maximum Gasteiger partial charge on any atom is 0.248 e. The van der Waals surface area contributed by atoms with E-state index in [0.717, 1.165) is 25.2 Å². The summed E-state index contributed by atoms with van der Waals surface area (Å²) in [4.78, 5) is 25.9. The molecule has 1 aromatic carbocycles. The lowest BCUT2D eigenvalue weighted by atomic mass is 9.99. The van der Waals surface area contributed by atoms with E-state index in [0.29, 0.717) is 30.4 Å². The van der Waals surface area contributed by atoms with Crippen LogP contribution in [0.15, 0.2) is 18.2 Å². The zero-order chi connectivity index (χ0) is 17.5. The average molecular weight is 333 g/mol. The molecule has 0 radical (unpaired) electrons. The quantitative estimate of drug-likeness (QED) is 0.750. The van der Waals surface area contributed by atoms with Gasteiger partial charge < -0.3 is 20.7 Å². The summed E-state index contributed by atoms with van der Waals surface area (Å²) in [6, 6.07) is 5.25. The van der Waals surface area contributed by atoms with Gasteiger partial charge in [-0.15, -0.1) is 0 Å². The molecule has 24 heavy (non-hydrogen) atoms. The Morgan fingerprint density at radius 2 is 2.21 bits per heavy atom. The fourth-order valence-electron chi connectivity index (χ4n) is 3.00. The number of amides is 2. The van der Waals surface area contributed by atoms with Crippen LogP contribution in [0.25, 0.3) is 0 Å². The number of carbonyl (C=O) groups is 2. The van der Waals surface area contributed by atoms with E-state index in [-0.39, 0.29) is 12.3 Å². The molecule has 2 rings (SSSR count). The van der Waals surface area contributed by atoms with Crippen molar-refractivity contribution in [2.24, 2.45) is 11.7 Å². The highest BCUT2D eigenvalue weighted by atomic mass is 16.5. The number of carbonyl (C=O) groups excluding carboxylic acids is 2. The number of primary amides is 1. The van der Waals surface area contributed by atoms with Crippen molar-refractivity contribution in [1.82, 2.24) is 0 Å². The summed E-state index contributed by atoms with van der Waals surface area (Å²) in [5.41, 5.74) is 7.35. The summed E-state index contributed by atoms with van der Waals surface area (Å²) < 4.78 is 5.22. The largest absolute Gasteiger partial charge is 0.381 e. The molecule has 0 aliphatic carbocycles. The summed E-state index contributed by atoms with van der Waals surface area (Å²) in [6.07, 6.45) is 2.62. The van der Waals surface area contributed by atoms with Gasteiger partial charge in [-0.2, -0.15) is 0 Å². The highest BCUT2D eigenvalue weighted by molar-refractivity contribution is 5.99. The van der Waals surface area contributed by atoms with E-state index in [1.807, 2.05) is 13.0 Å². The van der Waals surface area contributed by atoms with Crippen LogP contribution in [0.4, 0.5) is 11.4 Å². The molecule has 132 valence electrons. The van der Waals surface area contributed by atoms with Crippen LogP contribution in [0.3, 0.4) is 0 Å². The Balaban J connectivity index is 2.19. The Morgan fingerprint density at radius 1 is 1.42 bits per heavy atom. The lowest BCUT2D eigenvalue weighted by Gasteiger charge is -2.34. The fourth-order valence-corrected chi connectivity index (χ4v) is 3.00. The van der Waals surface area contributed by atoms with Gasteiger partial charge in [-0.3, -0.25) is 9.59 Å². The van der Waals surface area contributed by atoms with Gasteiger partial charge in [0, 0.05) is 25.3 Å². The number of hydrogen-bond donors (Lipinski definition) is 2. The minimum atomic E-state index is -0.502. The van der Waals surface area contributed by atoms with Crippen LogP contribution in [0.5, 0.6) is 0 Å². The van der Waals surface area contributed by atoms with Crippen molar-refractivity contribution in [3.8, 4) is 0 Å². The Bertz CT molecular complexity index is 589. The number of ether oxygens (including phenoxy) is 1. The summed E-state index contributed by atoms with van der Waals surface area (Å²) >= 11 is 0. The van der Waals surface area contributed by atoms with Crippen LogP contribution in [-0.2, 0) is 9.53 Å². The Hall–Kier alpha value is -2.08. The maximum absolute atomic E-state index is 12.1. The highest BCUT2D eigenvalue weighted by Gasteiger charge is 2.20. The van der Waals surface area contributed by atoms with Crippen LogP contribution in [0, 0.1) is 5.92 Å². The zero-order valence-corrected chi connectivity index (χ0v) is 14.5. The van der Waals surface area contributed by atoms with E-state index in [2.05, 4.69) is 17.1 Å². The molecule has 3 N–H and O–H groups in total. The van der Waals surface area contributed by atoms with Gasteiger partial charge >= 0.3 is 0 Å². The first-order chi connectivity index (χ1) is 11.5. The third-order valence-corrected chi connectivity index (χ3v) is 4.23. The van der Waals surface area contributed by atoms with Crippen LogP contribution in [0.1, 0.15) is 43.5 Å². The number of nitrogens with one attached hydrogen (secondary N) is 1. The van der Waals surface area contributed by atoms with Crippen LogP contribution in [-0.4, -0.2) is 38.1 Å². The number of piperidine rings is 1. The first-order valence-electron chi connectivity index (χ1n) is 8.57. The third-order valence-electron chi connectivity index (χ3n) is 4.23. The van der Waals surface area contributed by atoms with Gasteiger partial charge in [0.05, 0.1) is 24.4 Å². The zero-order valence-electron chi connectivity index (χ0n) is 14.5. The predicted octanol–water partition coefficient (Wildman–Crippen LogP) is 2.39. The maximum atomic E-state index is 12.1. The molecule has 1 atom stereocenters. The van der Waals surface area contributed by atoms with E-state index >= 15 is 0 Å². The van der Waals surface area contributed by atoms with Gasteiger partial charge in [-0.25, -0.2) is 0 Å². The molecule has 0 saturated carbocycles. The normalized spacial score (nSPS) is 17.6. The SMILES string of the molecule is CCOCCC(=O)Nc1cc(C(N)=O)ccc1N1CCC[C@@H](C)C1. The summed E-state index contributed by atoms with van der Waals surface area (Å²) in [5.74, 6) is -0.0224. The van der Waals surface area contributed by atoms with Gasteiger partial charge in [-0.1, -0.05) is 6.92 Å². The van der Waals surface area contributed by atoms with Crippen LogP contribution < -0.4 is 16.0 Å². The standard InChI is InChI=1S/C18H27N3O3/c1-3-24-10-8-17(22)20-15-11-14(18(19)23)6-7-16(15)21-9-4-5-13(2)12-21/h6-7,11,13H,3-5,8-10,12H2,1-2H3,(H2,19,23)(H,20,22)/t13-/m1/s1. The van der Waals surface area contributed by atoms with Crippen molar-refractivity contribution >= 4 is 23.2 Å². The van der Waals surface area contributed by atoms with Crippen LogP contribution in [0.2, 0.25) is 0 Å². The minimum Gasteiger partial charge on any atom is -0.381 e. The molecule has 0 bridgehead atoms. The molecule has 1 aliphatic rings. The molecule has 1 saturated heterocycles.